The molecule has 0 radical (unpaired) electrons. The summed E-state index contributed by atoms with van der Waals surface area (Å²) in [5.74, 6) is -1.46. The second-order valence-corrected chi connectivity index (χ2v) is 5.95. The van der Waals surface area contributed by atoms with Crippen LogP contribution >= 0.6 is 11.3 Å². The molecule has 8 nitrogen and oxygen atoms in total. The van der Waals surface area contributed by atoms with Gasteiger partial charge in [0.25, 0.3) is 11.8 Å². The van der Waals surface area contributed by atoms with Crippen molar-refractivity contribution in [1.29, 1.82) is 0 Å². The molecular weight excluding hydrogens is 360 g/mol. The number of nitrogens with one attached hydrogen (secondary N) is 2. The molecule has 3 amide bonds. The number of anilines is 1. The van der Waals surface area contributed by atoms with Gasteiger partial charge in [0, 0.05) is 0 Å². The zero-order chi connectivity index (χ0) is 18.7. The Bertz CT molecular complexity index is 1070. The van der Waals surface area contributed by atoms with Gasteiger partial charge in [-0.1, -0.05) is 12.1 Å². The van der Waals surface area contributed by atoms with Gasteiger partial charge in [-0.2, -0.15) is 0 Å². The molecule has 2 aromatic heterocycles. The molecule has 132 valence electrons. The monoisotopic (exact) mass is 372 g/mol. The van der Waals surface area contributed by atoms with Crippen LogP contribution in [0.15, 0.2) is 51.2 Å². The summed E-state index contributed by atoms with van der Waals surface area (Å²) in [6.45, 7) is 0. The van der Waals surface area contributed by atoms with Crippen molar-refractivity contribution in [2.45, 2.75) is 0 Å². The highest BCUT2D eigenvalue weighted by Gasteiger charge is 2.20. The van der Waals surface area contributed by atoms with Gasteiger partial charge in [-0.25, -0.2) is 4.79 Å². The van der Waals surface area contributed by atoms with Crippen LogP contribution in [0.4, 0.5) is 9.80 Å². The Morgan fingerprint density at radius 3 is 2.62 bits per heavy atom. The highest BCUT2D eigenvalue weighted by atomic mass is 32.1. The van der Waals surface area contributed by atoms with Crippen molar-refractivity contribution >= 4 is 45.2 Å². The fourth-order valence-electron chi connectivity index (χ4n) is 2.20. The van der Waals surface area contributed by atoms with Crippen molar-refractivity contribution in [1.82, 2.24) is 5.32 Å². The number of imide groups is 1. The topological polar surface area (TPSA) is 115 Å². The smallest absolute Gasteiger partial charge is 0.413 e. The van der Waals surface area contributed by atoms with Crippen LogP contribution in [0.1, 0.15) is 20.7 Å². The molecule has 1 aromatic carbocycles. The Labute approximate surface area is 150 Å². The average molecular weight is 372 g/mol. The molecule has 0 saturated carbocycles. The van der Waals surface area contributed by atoms with E-state index in [4.69, 9.17) is 4.42 Å². The summed E-state index contributed by atoms with van der Waals surface area (Å²) >= 11 is 1.07. The summed E-state index contributed by atoms with van der Waals surface area (Å²) in [5.41, 5.74) is -0.250. The van der Waals surface area contributed by atoms with Crippen LogP contribution in [0.2, 0.25) is 0 Å². The molecule has 26 heavy (non-hydrogen) atoms. The van der Waals surface area contributed by atoms with E-state index >= 15 is 0 Å². The Morgan fingerprint density at radius 2 is 1.85 bits per heavy atom. The molecule has 0 atom stereocenters. The van der Waals surface area contributed by atoms with E-state index in [0.29, 0.717) is 5.58 Å². The molecule has 0 saturated heterocycles. The number of hydrogen-bond donors (Lipinski definition) is 2. The van der Waals surface area contributed by atoms with Gasteiger partial charge in [0.05, 0.1) is 18.1 Å². The first-order valence-electron chi connectivity index (χ1n) is 7.30. The van der Waals surface area contributed by atoms with Gasteiger partial charge in [-0.3, -0.25) is 19.7 Å². The fraction of sp³-hybridized carbons (Fsp3) is 0.0588. The van der Waals surface area contributed by atoms with Crippen molar-refractivity contribution in [3.63, 3.8) is 0 Å². The van der Waals surface area contributed by atoms with Gasteiger partial charge in [-0.05, 0) is 23.6 Å². The number of ether oxygens (including phenoxy) is 1. The molecule has 0 aliphatic heterocycles. The summed E-state index contributed by atoms with van der Waals surface area (Å²) in [5, 5.41) is 6.50. The van der Waals surface area contributed by atoms with E-state index in [2.05, 4.69) is 10.1 Å². The first-order valence-corrected chi connectivity index (χ1v) is 8.18. The summed E-state index contributed by atoms with van der Waals surface area (Å²) in [6.07, 6.45) is 0.149. The van der Waals surface area contributed by atoms with E-state index in [-0.39, 0.29) is 21.5 Å². The van der Waals surface area contributed by atoms with Crippen molar-refractivity contribution in [2.75, 3.05) is 12.4 Å². The quantitative estimate of drug-likeness (QED) is 0.730. The maximum Gasteiger partial charge on any atom is 0.413 e. The molecule has 0 aliphatic rings. The van der Waals surface area contributed by atoms with Gasteiger partial charge < -0.3 is 14.5 Å². The molecule has 2 heterocycles. The number of para-hydroxylation sites is 1. The third-order valence-electron chi connectivity index (χ3n) is 3.46. The van der Waals surface area contributed by atoms with E-state index < -0.39 is 23.3 Å². The van der Waals surface area contributed by atoms with Crippen LogP contribution in [0.5, 0.6) is 0 Å². The average Bonchev–Trinajstić information content (AvgIpc) is 3.10. The number of hydrogen-bond acceptors (Lipinski definition) is 7. The fourth-order valence-corrected chi connectivity index (χ4v) is 2.98. The molecule has 3 aromatic rings. The number of methoxy groups -OCH3 is 1. The zero-order valence-electron chi connectivity index (χ0n) is 13.4. The minimum atomic E-state index is -0.923. The lowest BCUT2D eigenvalue weighted by atomic mass is 10.1. The molecule has 9 heteroatoms. The predicted octanol–water partition coefficient (Wildman–Crippen LogP) is 2.60. The Hall–Kier alpha value is -3.46. The van der Waals surface area contributed by atoms with Crippen LogP contribution in [0.25, 0.3) is 11.0 Å². The number of carbonyl (C=O) groups is 3. The number of rotatable bonds is 3. The first kappa shape index (κ1) is 17.4. The van der Waals surface area contributed by atoms with Gasteiger partial charge in [0.15, 0.2) is 0 Å². The third kappa shape index (κ3) is 3.33. The van der Waals surface area contributed by atoms with E-state index in [1.165, 1.54) is 6.07 Å². The lowest BCUT2D eigenvalue weighted by molar-refractivity contribution is 0.0938. The maximum atomic E-state index is 12.4. The van der Waals surface area contributed by atoms with Crippen LogP contribution in [-0.4, -0.2) is 25.0 Å². The summed E-state index contributed by atoms with van der Waals surface area (Å²) in [4.78, 5) is 48.1. The molecule has 0 fully saturated rings. The molecule has 0 spiro atoms. The molecule has 0 aliphatic carbocycles. The van der Waals surface area contributed by atoms with Crippen LogP contribution in [0.3, 0.4) is 0 Å². The largest absolute Gasteiger partial charge is 0.463 e. The summed E-state index contributed by atoms with van der Waals surface area (Å²) in [7, 11) is 1.12. The molecule has 0 bridgehead atoms. The van der Waals surface area contributed by atoms with Gasteiger partial charge in [0.2, 0.25) is 5.43 Å². The minimum Gasteiger partial charge on any atom is -0.463 e. The highest BCUT2D eigenvalue weighted by molar-refractivity contribution is 7.14. The Morgan fingerprint density at radius 1 is 1.08 bits per heavy atom. The van der Waals surface area contributed by atoms with Crippen molar-refractivity contribution in [3.8, 4) is 0 Å². The SMILES string of the molecule is COC(=O)NC(=O)c1ccsc1NC(=O)c1coc2ccccc2c1=O. The van der Waals surface area contributed by atoms with Gasteiger partial charge >= 0.3 is 6.09 Å². The van der Waals surface area contributed by atoms with Crippen molar-refractivity contribution < 1.29 is 23.5 Å². The Kier molecular flexibility index (Phi) is 4.81. The summed E-state index contributed by atoms with van der Waals surface area (Å²) < 4.78 is 9.67. The number of carbonyl (C=O) groups excluding carboxylic acids is 3. The third-order valence-corrected chi connectivity index (χ3v) is 4.29. The molecule has 3 rings (SSSR count). The highest BCUT2D eigenvalue weighted by Crippen LogP contribution is 2.24. The molecule has 0 unspecified atom stereocenters. The lowest BCUT2D eigenvalue weighted by Gasteiger charge is -2.06. The number of fused-ring (bicyclic) bond motifs is 1. The van der Waals surface area contributed by atoms with Crippen LogP contribution < -0.4 is 16.1 Å². The molecule has 2 N–H and O–H groups in total. The van der Waals surface area contributed by atoms with E-state index in [1.807, 2.05) is 5.32 Å². The Balaban J connectivity index is 1.87. The predicted molar refractivity (Wildman–Crippen MR) is 94.6 cm³/mol. The van der Waals surface area contributed by atoms with Crippen LogP contribution in [0, 0.1) is 0 Å². The van der Waals surface area contributed by atoms with E-state index in [9.17, 15) is 19.2 Å². The number of benzene rings is 1. The van der Waals surface area contributed by atoms with E-state index in [1.54, 1.807) is 29.6 Å². The van der Waals surface area contributed by atoms with Crippen LogP contribution in [-0.2, 0) is 4.74 Å². The van der Waals surface area contributed by atoms with Crippen molar-refractivity contribution in [2.24, 2.45) is 0 Å². The van der Waals surface area contributed by atoms with E-state index in [0.717, 1.165) is 24.7 Å². The standard InChI is InChI=1S/C17H12N2O6S/c1-24-17(23)19-14(21)10-6-7-26-16(10)18-15(22)11-8-25-12-5-3-2-4-9(12)13(11)20/h2-8H,1H3,(H,18,22)(H,19,21,23). The second-order valence-electron chi connectivity index (χ2n) is 5.04. The van der Waals surface area contributed by atoms with Crippen molar-refractivity contribution in [3.05, 3.63) is 63.3 Å². The second kappa shape index (κ2) is 7.19. The minimum absolute atomic E-state index is 0.0685. The summed E-state index contributed by atoms with van der Waals surface area (Å²) in [6, 6.07) is 7.98. The lowest BCUT2D eigenvalue weighted by Crippen LogP contribution is -2.30. The van der Waals surface area contributed by atoms with Gasteiger partial charge in [0.1, 0.15) is 22.4 Å². The number of thiophene rings is 1. The molecular formula is C17H12N2O6S. The maximum absolute atomic E-state index is 12.4. The zero-order valence-corrected chi connectivity index (χ0v) is 14.2. The normalized spacial score (nSPS) is 10.3. The first-order chi connectivity index (χ1) is 12.5. The van der Waals surface area contributed by atoms with Gasteiger partial charge in [-0.15, -0.1) is 11.3 Å². The number of alkyl carbamates (subject to hydrolysis) is 1. The number of amides is 3.